The quantitative estimate of drug-likeness (QED) is 0.0289. The number of nitrogens with one attached hydrogen (secondary N) is 4. The van der Waals surface area contributed by atoms with E-state index >= 15 is 0 Å². The fourth-order valence-electron chi connectivity index (χ4n) is 10.7. The molecule has 4 aromatic heterocycles. The summed E-state index contributed by atoms with van der Waals surface area (Å²) in [5.41, 5.74) is 8.48. The number of nitrogens with zero attached hydrogens (tertiary/aromatic N) is 4. The van der Waals surface area contributed by atoms with Crippen molar-refractivity contribution < 1.29 is 63.1 Å². The van der Waals surface area contributed by atoms with Gasteiger partial charge < -0.3 is 31.5 Å². The van der Waals surface area contributed by atoms with E-state index in [9.17, 15) is 52.8 Å². The fourth-order valence-corrected chi connectivity index (χ4v) is 17.0. The van der Waals surface area contributed by atoms with Crippen LogP contribution in [-0.2, 0) is 39.3 Å². The van der Waals surface area contributed by atoms with Crippen LogP contribution in [0.3, 0.4) is 0 Å². The highest BCUT2D eigenvalue weighted by Crippen LogP contribution is 2.35. The molecule has 12 aromatic rings. The molecule has 32 heteroatoms. The maximum atomic E-state index is 12.7. The maximum absolute atomic E-state index is 12.7. The number of hydrogen-bond acceptors (Lipinski definition) is 18. The number of aliphatic hydroxyl groups excluding tert-OH is 2. The van der Waals surface area contributed by atoms with Crippen molar-refractivity contribution in [2.75, 3.05) is 57.5 Å². The molecule has 0 radical (unpaired) electrons. The van der Waals surface area contributed by atoms with Crippen molar-refractivity contribution in [1.82, 2.24) is 19.9 Å². The van der Waals surface area contributed by atoms with Crippen LogP contribution in [0, 0.1) is 0 Å². The van der Waals surface area contributed by atoms with Crippen molar-refractivity contribution in [3.8, 4) is 45.0 Å². The summed E-state index contributed by atoms with van der Waals surface area (Å²) in [6, 6.07) is 61.5. The molecule has 0 aliphatic rings. The predicted octanol–water partition coefficient (Wildman–Crippen LogP) is 18.0. The maximum Gasteiger partial charge on any atom is 0.257 e. The number of amides is 4. The minimum atomic E-state index is -3.66. The first-order chi connectivity index (χ1) is 54.9. The third-order valence-corrected chi connectivity index (χ3v) is 25.5. The lowest BCUT2D eigenvalue weighted by Gasteiger charge is -2.11. The van der Waals surface area contributed by atoms with Gasteiger partial charge in [-0.1, -0.05) is 107 Å². The standard InChI is InChI=1S/C21H18Cl2N2O4S.C21H19ClN2O3S.C21H17ClN2O3S.C20H16Cl2N2O4S/c22-18-8-5-14(12-17(18)20-4-1-2-9-24-20)25-21(27)16-7-6-15(13-19(16)23)30(28,29)11-3-10-26;2*1-2-13-28(26,27)17-9-6-15(7-10-17)21(25)24-16-8-11-19(22)18(14-16)20-5-3-4-12-23-20;21-17-7-4-13(11-16(17)19-3-1-2-8-23-19)24-20(26)15-6-5-14(12-18(15)22)29(27,28)10-9-25/h1-2,4-9,12-13,26H,3,10-11H2,(H,25,27);3-12,14H,2,13H2,1H3,(H,24,25);2-12,14H,1,13H2,(H,24,25);1-8,11-12,25H,9-10H2,(H,24,26). The van der Waals surface area contributed by atoms with E-state index in [1.807, 2.05) is 55.5 Å². The van der Waals surface area contributed by atoms with Gasteiger partial charge in [-0.25, -0.2) is 33.7 Å². The van der Waals surface area contributed by atoms with Crippen LogP contribution in [-0.4, -0.2) is 124 Å². The Kier molecular flexibility index (Phi) is 31.6. The van der Waals surface area contributed by atoms with E-state index in [-0.39, 0.29) is 82.9 Å². The fraction of sp³-hybridized carbons (Fsp3) is 0.108. The highest BCUT2D eigenvalue weighted by Gasteiger charge is 2.23. The number of carbonyl (C=O) groups excluding carboxylic acids is 4. The summed E-state index contributed by atoms with van der Waals surface area (Å²) in [7, 11) is -14.0. The van der Waals surface area contributed by atoms with Crippen molar-refractivity contribution in [3.05, 3.63) is 320 Å². The average molecular weight is 1740 g/mol. The predicted molar refractivity (Wildman–Crippen MR) is 454 cm³/mol. The van der Waals surface area contributed by atoms with Gasteiger partial charge in [0, 0.05) is 87.5 Å². The Morgan fingerprint density at radius 3 is 0.939 bits per heavy atom. The molecule has 0 bridgehead atoms. The zero-order chi connectivity index (χ0) is 83.0. The van der Waals surface area contributed by atoms with Crippen LogP contribution in [0.5, 0.6) is 0 Å². The van der Waals surface area contributed by atoms with E-state index in [2.05, 4.69) is 47.8 Å². The van der Waals surface area contributed by atoms with E-state index in [0.717, 1.165) is 0 Å². The molecule has 592 valence electrons. The number of aliphatic hydroxyl groups is 2. The monoisotopic (exact) mass is 1740 g/mol. The number of hydrogen-bond donors (Lipinski definition) is 6. The van der Waals surface area contributed by atoms with Crippen LogP contribution < -0.4 is 21.3 Å². The number of carbonyl (C=O) groups is 4. The van der Waals surface area contributed by atoms with Gasteiger partial charge in [-0.2, -0.15) is 0 Å². The van der Waals surface area contributed by atoms with Gasteiger partial charge in [0.2, 0.25) is 0 Å². The third kappa shape index (κ3) is 24.5. The Morgan fingerprint density at radius 1 is 0.348 bits per heavy atom. The van der Waals surface area contributed by atoms with Gasteiger partial charge in [-0.15, -0.1) is 6.58 Å². The van der Waals surface area contributed by atoms with Crippen LogP contribution in [0.15, 0.2) is 288 Å². The zero-order valence-corrected chi connectivity index (χ0v) is 68.5. The number of sulfone groups is 4. The number of rotatable bonds is 25. The zero-order valence-electron chi connectivity index (χ0n) is 60.7. The summed E-state index contributed by atoms with van der Waals surface area (Å²) in [6.45, 7) is 4.52. The molecular weight excluding hydrogens is 1670 g/mol. The third-order valence-electron chi connectivity index (χ3n) is 16.4. The van der Waals surface area contributed by atoms with Crippen LogP contribution in [0.1, 0.15) is 61.2 Å². The second-order valence-electron chi connectivity index (χ2n) is 24.6. The Hall–Kier alpha value is -10.6. The lowest BCUT2D eigenvalue weighted by Crippen LogP contribution is -2.14. The van der Waals surface area contributed by atoms with Crippen LogP contribution >= 0.6 is 69.6 Å². The number of aromatic nitrogens is 4. The van der Waals surface area contributed by atoms with Gasteiger partial charge in [-0.3, -0.25) is 39.1 Å². The van der Waals surface area contributed by atoms with Crippen molar-refractivity contribution in [2.24, 2.45) is 0 Å². The van der Waals surface area contributed by atoms with Gasteiger partial charge in [0.15, 0.2) is 39.3 Å². The van der Waals surface area contributed by atoms with E-state index in [1.54, 1.807) is 122 Å². The largest absolute Gasteiger partial charge is 0.396 e. The second kappa shape index (κ2) is 41.1. The number of anilines is 4. The van der Waals surface area contributed by atoms with Gasteiger partial charge in [-0.05, 0) is 219 Å². The first-order valence-electron chi connectivity index (χ1n) is 34.6. The van der Waals surface area contributed by atoms with Crippen molar-refractivity contribution in [1.29, 1.82) is 0 Å². The molecule has 22 nitrogen and oxygen atoms in total. The molecule has 0 saturated heterocycles. The molecule has 12 rings (SSSR count). The molecule has 0 atom stereocenters. The molecule has 0 aliphatic heterocycles. The lowest BCUT2D eigenvalue weighted by atomic mass is 10.1. The minimum absolute atomic E-state index is 0.00133. The topological polar surface area (TPSA) is 345 Å². The van der Waals surface area contributed by atoms with Crippen LogP contribution in [0.2, 0.25) is 30.1 Å². The Bertz CT molecular complexity index is 5980. The summed E-state index contributed by atoms with van der Waals surface area (Å²) in [5.74, 6) is -2.39. The van der Waals surface area contributed by atoms with Gasteiger partial charge in [0.05, 0.1) is 113 Å². The van der Waals surface area contributed by atoms with Crippen LogP contribution in [0.25, 0.3) is 45.0 Å². The molecule has 115 heavy (non-hydrogen) atoms. The van der Waals surface area contributed by atoms with Gasteiger partial charge >= 0.3 is 0 Å². The first kappa shape index (κ1) is 88.4. The molecule has 0 unspecified atom stereocenters. The molecule has 4 amide bonds. The number of benzene rings is 8. The number of halogens is 6. The van der Waals surface area contributed by atoms with E-state index < -0.39 is 63.5 Å². The molecular formula is C83H70Cl6N8O14S4. The summed E-state index contributed by atoms with van der Waals surface area (Å²) in [5, 5.41) is 30.8. The Labute approximate surface area is 694 Å². The summed E-state index contributed by atoms with van der Waals surface area (Å²) >= 11 is 37.3. The molecule has 6 N–H and O–H groups in total. The molecule has 0 spiro atoms. The van der Waals surface area contributed by atoms with Crippen molar-refractivity contribution in [2.45, 2.75) is 39.3 Å². The molecule has 0 saturated carbocycles. The average Bonchev–Trinajstić information content (AvgIpc) is 0.815. The highest BCUT2D eigenvalue weighted by molar-refractivity contribution is 7.92. The Balaban J connectivity index is 0.000000175. The highest BCUT2D eigenvalue weighted by atomic mass is 35.5. The summed E-state index contributed by atoms with van der Waals surface area (Å²) in [4.78, 5) is 67.7. The van der Waals surface area contributed by atoms with Crippen LogP contribution in [0.4, 0.5) is 22.7 Å². The first-order valence-corrected chi connectivity index (χ1v) is 43.4. The SMILES string of the molecule is C=CCS(=O)(=O)c1ccc(C(=O)Nc2ccc(Cl)c(-c3ccccn3)c2)cc1.CCCS(=O)(=O)c1ccc(C(=O)Nc2ccc(Cl)c(-c3ccccn3)c2)cc1.O=C(Nc1ccc(Cl)c(-c2ccccn2)c1)c1ccc(S(=O)(=O)CCCO)cc1Cl.O=C(Nc1ccc(Cl)c(-c2ccccn2)c1)c1ccc(S(=O)(=O)CCO)cc1Cl. The minimum Gasteiger partial charge on any atom is -0.396 e. The number of pyridine rings is 4. The molecule has 4 heterocycles. The van der Waals surface area contributed by atoms with Gasteiger partial charge in [0.1, 0.15) is 0 Å². The Morgan fingerprint density at radius 2 is 0.652 bits per heavy atom. The smallest absolute Gasteiger partial charge is 0.257 e. The molecule has 8 aromatic carbocycles. The normalized spacial score (nSPS) is 11.2. The van der Waals surface area contributed by atoms with E-state index in [0.29, 0.717) is 105 Å². The molecule has 0 aliphatic carbocycles. The van der Waals surface area contributed by atoms with Crippen molar-refractivity contribution >= 4 is 155 Å². The summed E-state index contributed by atoms with van der Waals surface area (Å²) < 4.78 is 96.7. The van der Waals surface area contributed by atoms with E-state index in [1.165, 1.54) is 91.0 Å². The molecule has 0 fully saturated rings. The van der Waals surface area contributed by atoms with Crippen molar-refractivity contribution in [3.63, 3.8) is 0 Å². The van der Waals surface area contributed by atoms with Gasteiger partial charge in [0.25, 0.3) is 23.6 Å². The van der Waals surface area contributed by atoms with E-state index in [4.69, 9.17) is 79.8 Å². The second-order valence-corrected chi connectivity index (χ2v) is 35.4. The lowest BCUT2D eigenvalue weighted by molar-refractivity contribution is 0.101. The summed E-state index contributed by atoms with van der Waals surface area (Å²) in [6.07, 6.45) is 8.62.